The maximum absolute atomic E-state index is 11.9. The summed E-state index contributed by atoms with van der Waals surface area (Å²) in [5, 5.41) is 0. The van der Waals surface area contributed by atoms with Crippen LogP contribution in [-0.2, 0) is 9.59 Å². The van der Waals surface area contributed by atoms with Gasteiger partial charge in [0.25, 0.3) is 5.91 Å². The van der Waals surface area contributed by atoms with E-state index in [0.717, 1.165) is 24.8 Å². The molecule has 3 nitrogen and oxygen atoms in total. The highest BCUT2D eigenvalue weighted by Gasteiger charge is 2.18. The molecule has 0 radical (unpaired) electrons. The van der Waals surface area contributed by atoms with Crippen molar-refractivity contribution in [3.8, 4) is 0 Å². The molecule has 0 heterocycles. The van der Waals surface area contributed by atoms with Gasteiger partial charge < -0.3 is 4.90 Å². The largest absolute Gasteiger partial charge is 0.345 e. The first kappa shape index (κ1) is 15.9. The van der Waals surface area contributed by atoms with Gasteiger partial charge in [0, 0.05) is 14.1 Å². The molecule has 0 fully saturated rings. The normalized spacial score (nSPS) is 12.1. The van der Waals surface area contributed by atoms with Gasteiger partial charge in [0.15, 0.2) is 5.78 Å². The minimum atomic E-state index is -0.175. The molecular weight excluding hydrogens is 214 g/mol. The quantitative estimate of drug-likeness (QED) is 0.296. The monoisotopic (exact) mass is 239 g/mol. The smallest absolute Gasteiger partial charge is 0.256 e. The summed E-state index contributed by atoms with van der Waals surface area (Å²) in [6.07, 6.45) is 5.46. The topological polar surface area (TPSA) is 37.4 Å². The van der Waals surface area contributed by atoms with E-state index in [1.54, 1.807) is 14.1 Å². The van der Waals surface area contributed by atoms with Crippen molar-refractivity contribution in [3.05, 3.63) is 11.1 Å². The number of ketones is 1. The number of unbranched alkanes of at least 4 members (excludes halogenated alkanes) is 3. The van der Waals surface area contributed by atoms with Gasteiger partial charge in [-0.15, -0.1) is 0 Å². The fourth-order valence-corrected chi connectivity index (χ4v) is 1.80. The van der Waals surface area contributed by atoms with Crippen LogP contribution >= 0.6 is 0 Å². The second-order valence-electron chi connectivity index (χ2n) is 4.72. The van der Waals surface area contributed by atoms with Crippen molar-refractivity contribution in [2.45, 2.75) is 52.9 Å². The zero-order chi connectivity index (χ0) is 13.4. The number of carbonyl (C=O) groups is 2. The van der Waals surface area contributed by atoms with Gasteiger partial charge in [-0.1, -0.05) is 31.8 Å². The fraction of sp³-hybridized carbons (Fsp3) is 0.714. The van der Waals surface area contributed by atoms with Crippen LogP contribution < -0.4 is 0 Å². The summed E-state index contributed by atoms with van der Waals surface area (Å²) in [5.74, 6) is -0.304. The Labute approximate surface area is 105 Å². The van der Waals surface area contributed by atoms with Crippen molar-refractivity contribution in [3.63, 3.8) is 0 Å². The van der Waals surface area contributed by atoms with Crippen LogP contribution in [0.15, 0.2) is 11.1 Å². The van der Waals surface area contributed by atoms with E-state index in [2.05, 4.69) is 6.92 Å². The molecule has 98 valence electrons. The fourth-order valence-electron chi connectivity index (χ4n) is 1.80. The first-order valence-electron chi connectivity index (χ1n) is 6.34. The lowest BCUT2D eigenvalue weighted by Crippen LogP contribution is -2.27. The summed E-state index contributed by atoms with van der Waals surface area (Å²) >= 11 is 0. The van der Waals surface area contributed by atoms with Crippen LogP contribution in [0.4, 0.5) is 0 Å². The van der Waals surface area contributed by atoms with Gasteiger partial charge >= 0.3 is 0 Å². The zero-order valence-corrected chi connectivity index (χ0v) is 11.8. The molecule has 0 unspecified atom stereocenters. The molecule has 0 aliphatic rings. The van der Waals surface area contributed by atoms with Crippen molar-refractivity contribution in [2.75, 3.05) is 14.1 Å². The van der Waals surface area contributed by atoms with Crippen LogP contribution in [0.2, 0.25) is 0 Å². The van der Waals surface area contributed by atoms with E-state index in [9.17, 15) is 9.59 Å². The molecule has 0 aliphatic heterocycles. The standard InChI is InChI=1S/C14H25NO2/c1-6-7-8-9-10-11(2)13(12(3)16)14(17)15(4)5/h6-10H2,1-5H3. The molecule has 0 saturated carbocycles. The molecule has 0 aliphatic carbocycles. The second kappa shape index (κ2) is 8.04. The van der Waals surface area contributed by atoms with Gasteiger partial charge in [0.05, 0.1) is 5.57 Å². The average Bonchev–Trinajstić information content (AvgIpc) is 2.23. The van der Waals surface area contributed by atoms with Crippen molar-refractivity contribution in [1.29, 1.82) is 0 Å². The van der Waals surface area contributed by atoms with Gasteiger partial charge in [0.1, 0.15) is 0 Å². The molecule has 0 saturated heterocycles. The first-order chi connectivity index (χ1) is 7.91. The van der Waals surface area contributed by atoms with Crippen molar-refractivity contribution < 1.29 is 9.59 Å². The third-order valence-electron chi connectivity index (χ3n) is 2.80. The van der Waals surface area contributed by atoms with Crippen LogP contribution in [0.25, 0.3) is 0 Å². The Morgan fingerprint density at radius 2 is 1.59 bits per heavy atom. The number of rotatable bonds is 7. The highest BCUT2D eigenvalue weighted by atomic mass is 16.2. The Morgan fingerprint density at radius 1 is 1.00 bits per heavy atom. The highest BCUT2D eigenvalue weighted by Crippen LogP contribution is 2.16. The van der Waals surface area contributed by atoms with E-state index in [0.29, 0.717) is 5.57 Å². The zero-order valence-electron chi connectivity index (χ0n) is 11.8. The minimum absolute atomic E-state index is 0.128. The van der Waals surface area contributed by atoms with Crippen molar-refractivity contribution in [2.24, 2.45) is 0 Å². The predicted molar refractivity (Wildman–Crippen MR) is 70.8 cm³/mol. The van der Waals surface area contributed by atoms with Crippen molar-refractivity contribution in [1.82, 2.24) is 4.90 Å². The van der Waals surface area contributed by atoms with E-state index in [1.165, 1.54) is 24.7 Å². The molecule has 17 heavy (non-hydrogen) atoms. The van der Waals surface area contributed by atoms with Gasteiger partial charge in [-0.05, 0) is 26.7 Å². The summed E-state index contributed by atoms with van der Waals surface area (Å²) in [6.45, 7) is 5.52. The number of amides is 1. The number of Topliss-reactive ketones (excluding diaryl/α,β-unsaturated/α-hetero) is 1. The lowest BCUT2D eigenvalue weighted by molar-refractivity contribution is -0.127. The molecular formula is C14H25NO2. The molecule has 1 amide bonds. The Balaban J connectivity index is 4.65. The Bertz CT molecular complexity index is 303. The Hall–Kier alpha value is -1.12. The molecule has 0 aromatic carbocycles. The van der Waals surface area contributed by atoms with E-state index in [-0.39, 0.29) is 11.7 Å². The van der Waals surface area contributed by atoms with Crippen LogP contribution in [0, 0.1) is 0 Å². The summed E-state index contributed by atoms with van der Waals surface area (Å²) < 4.78 is 0. The van der Waals surface area contributed by atoms with Gasteiger partial charge in [0.2, 0.25) is 0 Å². The SMILES string of the molecule is CCCCCCC(C)=C(C(C)=O)C(=O)N(C)C. The third-order valence-corrected chi connectivity index (χ3v) is 2.80. The number of hydrogen-bond acceptors (Lipinski definition) is 2. The van der Waals surface area contributed by atoms with E-state index < -0.39 is 0 Å². The average molecular weight is 239 g/mol. The molecule has 0 N–H and O–H groups in total. The number of carbonyl (C=O) groups excluding carboxylic acids is 2. The number of likely N-dealkylation sites (N-methyl/N-ethyl adjacent to an activating group) is 1. The van der Waals surface area contributed by atoms with Gasteiger partial charge in [-0.25, -0.2) is 0 Å². The summed E-state index contributed by atoms with van der Waals surface area (Å²) in [6, 6.07) is 0. The lowest BCUT2D eigenvalue weighted by atomic mass is 9.99. The van der Waals surface area contributed by atoms with Crippen LogP contribution in [0.3, 0.4) is 0 Å². The molecule has 0 rings (SSSR count). The summed E-state index contributed by atoms with van der Waals surface area (Å²) in [7, 11) is 3.35. The minimum Gasteiger partial charge on any atom is -0.345 e. The molecule has 0 spiro atoms. The van der Waals surface area contributed by atoms with Crippen LogP contribution in [0.1, 0.15) is 52.9 Å². The number of nitrogens with zero attached hydrogens (tertiary/aromatic N) is 1. The molecule has 0 bridgehead atoms. The Morgan fingerprint density at radius 3 is 2.00 bits per heavy atom. The van der Waals surface area contributed by atoms with Crippen LogP contribution in [-0.4, -0.2) is 30.7 Å². The predicted octanol–water partition coefficient (Wildman–Crippen LogP) is 2.95. The summed E-state index contributed by atoms with van der Waals surface area (Å²) in [5.41, 5.74) is 1.29. The van der Waals surface area contributed by atoms with Crippen molar-refractivity contribution >= 4 is 11.7 Å². The Kier molecular flexibility index (Phi) is 7.51. The molecule has 0 aromatic rings. The summed E-state index contributed by atoms with van der Waals surface area (Å²) in [4.78, 5) is 24.8. The first-order valence-corrected chi connectivity index (χ1v) is 6.34. The highest BCUT2D eigenvalue weighted by molar-refractivity contribution is 6.18. The van der Waals surface area contributed by atoms with Gasteiger partial charge in [-0.3, -0.25) is 9.59 Å². The van der Waals surface area contributed by atoms with Gasteiger partial charge in [-0.2, -0.15) is 0 Å². The third kappa shape index (κ3) is 5.66. The van der Waals surface area contributed by atoms with Crippen LogP contribution in [0.5, 0.6) is 0 Å². The lowest BCUT2D eigenvalue weighted by Gasteiger charge is -2.14. The van der Waals surface area contributed by atoms with E-state index in [1.807, 2.05) is 6.92 Å². The van der Waals surface area contributed by atoms with E-state index >= 15 is 0 Å². The number of allylic oxidation sites excluding steroid dienone is 1. The second-order valence-corrected chi connectivity index (χ2v) is 4.72. The molecule has 3 heteroatoms. The van der Waals surface area contributed by atoms with E-state index in [4.69, 9.17) is 0 Å². The maximum atomic E-state index is 11.9. The molecule has 0 aromatic heterocycles. The number of hydrogen-bond donors (Lipinski definition) is 0. The maximum Gasteiger partial charge on any atom is 0.256 e. The molecule has 0 atom stereocenters.